The first-order valence-electron chi connectivity index (χ1n) is 12.8. The van der Waals surface area contributed by atoms with Gasteiger partial charge in [-0.25, -0.2) is 4.98 Å². The molecule has 1 aliphatic heterocycles. The molecule has 3 N–H and O–H groups in total. The van der Waals surface area contributed by atoms with Crippen LogP contribution in [0.15, 0.2) is 85.6 Å². The van der Waals surface area contributed by atoms with Gasteiger partial charge in [0.25, 0.3) is 5.91 Å². The molecule has 200 valence electrons. The third kappa shape index (κ3) is 5.39. The molecule has 0 saturated carbocycles. The number of hydrogen-bond donors (Lipinski definition) is 3. The Morgan fingerprint density at radius 2 is 1.87 bits per heavy atom. The van der Waals surface area contributed by atoms with Gasteiger partial charge in [-0.15, -0.1) is 0 Å². The van der Waals surface area contributed by atoms with E-state index in [1.54, 1.807) is 36.7 Å². The van der Waals surface area contributed by atoms with Gasteiger partial charge < -0.3 is 20.1 Å². The number of aliphatic hydroxyl groups excluding tert-OH is 1. The molecule has 1 aliphatic rings. The molecule has 0 saturated heterocycles. The second-order valence-corrected chi connectivity index (χ2v) is 10.5. The molecule has 3 atom stereocenters. The summed E-state index contributed by atoms with van der Waals surface area (Å²) in [5, 5.41) is 13.8. The molecule has 9 heteroatoms. The largest absolute Gasteiger partial charge is 0.490 e. The predicted octanol–water partition coefficient (Wildman–Crippen LogP) is 4.10. The molecule has 0 bridgehead atoms. The topological polar surface area (TPSA) is 120 Å². The van der Waals surface area contributed by atoms with Gasteiger partial charge in [0.15, 0.2) is 0 Å². The summed E-state index contributed by atoms with van der Waals surface area (Å²) in [6.45, 7) is 6.36. The van der Waals surface area contributed by atoms with Gasteiger partial charge in [0.2, 0.25) is 5.91 Å². The second-order valence-electron chi connectivity index (χ2n) is 10.5. The summed E-state index contributed by atoms with van der Waals surface area (Å²) >= 11 is 0. The summed E-state index contributed by atoms with van der Waals surface area (Å²) < 4.78 is 5.65. The number of nitrogens with zero attached hydrogens (tertiary/aromatic N) is 3. The molecular formula is C30H31N5O4. The fourth-order valence-corrected chi connectivity index (χ4v) is 4.72. The molecule has 0 radical (unpaired) electrons. The Labute approximate surface area is 226 Å². The van der Waals surface area contributed by atoms with Crippen LogP contribution < -0.4 is 15.0 Å². The number of aliphatic hydroxyl groups is 1. The van der Waals surface area contributed by atoms with E-state index < -0.39 is 30.0 Å². The summed E-state index contributed by atoms with van der Waals surface area (Å²) in [6.07, 6.45) is 5.11. The van der Waals surface area contributed by atoms with Gasteiger partial charge in [0, 0.05) is 35.4 Å². The first-order valence-corrected chi connectivity index (χ1v) is 12.8. The number of para-hydroxylation sites is 1. The number of imidazole rings is 1. The van der Waals surface area contributed by atoms with Crippen molar-refractivity contribution in [3.05, 3.63) is 108 Å². The van der Waals surface area contributed by atoms with E-state index in [4.69, 9.17) is 4.74 Å². The number of aromatic nitrogens is 3. The van der Waals surface area contributed by atoms with Crippen LogP contribution in [0.1, 0.15) is 60.0 Å². The normalized spacial score (nSPS) is 17.4. The average molecular weight is 526 g/mol. The Hall–Kier alpha value is -4.50. The van der Waals surface area contributed by atoms with Crippen molar-refractivity contribution in [1.82, 2.24) is 20.3 Å². The lowest BCUT2D eigenvalue weighted by atomic mass is 9.87. The van der Waals surface area contributed by atoms with Gasteiger partial charge in [-0.1, -0.05) is 57.2 Å². The highest BCUT2D eigenvalue weighted by Gasteiger charge is 2.38. The van der Waals surface area contributed by atoms with E-state index in [1.165, 1.54) is 17.4 Å². The Morgan fingerprint density at radius 1 is 1.10 bits per heavy atom. The number of H-pyrrole nitrogens is 1. The molecule has 2 aromatic carbocycles. The minimum Gasteiger partial charge on any atom is -0.490 e. The summed E-state index contributed by atoms with van der Waals surface area (Å²) in [5.74, 6) is -0.350. The Balaban J connectivity index is 1.59. The van der Waals surface area contributed by atoms with Crippen molar-refractivity contribution in [3.8, 4) is 5.75 Å². The molecule has 0 spiro atoms. The van der Waals surface area contributed by atoms with E-state index in [2.05, 4.69) is 41.0 Å². The van der Waals surface area contributed by atoms with Crippen LogP contribution in [0, 0.1) is 0 Å². The highest BCUT2D eigenvalue weighted by Crippen LogP contribution is 2.35. The van der Waals surface area contributed by atoms with E-state index in [-0.39, 0.29) is 17.7 Å². The highest BCUT2D eigenvalue weighted by molar-refractivity contribution is 6.09. The van der Waals surface area contributed by atoms with Gasteiger partial charge in [-0.05, 0) is 35.2 Å². The number of nitrogens with one attached hydrogen (secondary N) is 2. The number of carbonyl (C=O) groups is 2. The van der Waals surface area contributed by atoms with E-state index in [0.29, 0.717) is 22.6 Å². The van der Waals surface area contributed by atoms with Crippen LogP contribution in [0.2, 0.25) is 0 Å². The lowest BCUT2D eigenvalue weighted by Gasteiger charge is -2.35. The Bertz CT molecular complexity index is 1430. The molecule has 3 heterocycles. The summed E-state index contributed by atoms with van der Waals surface area (Å²) in [7, 11) is 0. The van der Waals surface area contributed by atoms with Gasteiger partial charge in [0.1, 0.15) is 30.2 Å². The van der Waals surface area contributed by atoms with Crippen molar-refractivity contribution in [2.45, 2.75) is 44.4 Å². The standard InChI is InChI=1S/C30H31N5O4/c1-30(2,3)20-10-12-21(13-11-20)35(29(38)23-16-32-18-33-23)27(19-7-6-14-31-15-19)28(37)34-26-22-8-4-5-9-25(22)39-17-24(26)36/h4-16,18,24,26-27,36H,17H2,1-3H3,(H,32,33)(H,34,37)/t24-,26+,27?/m0/s1. The van der Waals surface area contributed by atoms with Crippen LogP contribution in [0.3, 0.4) is 0 Å². The van der Waals surface area contributed by atoms with Crippen molar-refractivity contribution < 1.29 is 19.4 Å². The molecule has 0 aliphatic carbocycles. The van der Waals surface area contributed by atoms with Crippen molar-refractivity contribution in [2.75, 3.05) is 11.5 Å². The smallest absolute Gasteiger partial charge is 0.279 e. The lowest BCUT2D eigenvalue weighted by Crippen LogP contribution is -2.48. The fourth-order valence-electron chi connectivity index (χ4n) is 4.72. The molecule has 2 amide bonds. The zero-order valence-electron chi connectivity index (χ0n) is 22.0. The van der Waals surface area contributed by atoms with Crippen LogP contribution in [-0.4, -0.2) is 44.6 Å². The number of rotatable bonds is 6. The monoisotopic (exact) mass is 525 g/mol. The van der Waals surface area contributed by atoms with E-state index in [1.807, 2.05) is 36.4 Å². The van der Waals surface area contributed by atoms with Crippen LogP contribution in [0.25, 0.3) is 0 Å². The summed E-state index contributed by atoms with van der Waals surface area (Å²) in [6, 6.07) is 16.5. The lowest BCUT2D eigenvalue weighted by molar-refractivity contribution is -0.124. The van der Waals surface area contributed by atoms with Gasteiger partial charge in [-0.2, -0.15) is 0 Å². The van der Waals surface area contributed by atoms with Gasteiger partial charge in [0.05, 0.1) is 12.4 Å². The third-order valence-corrected chi connectivity index (χ3v) is 6.80. The fraction of sp³-hybridized carbons (Fsp3) is 0.267. The maximum atomic E-state index is 14.2. The zero-order valence-corrected chi connectivity index (χ0v) is 22.0. The number of aromatic amines is 1. The first-order chi connectivity index (χ1) is 18.7. The van der Waals surface area contributed by atoms with Crippen molar-refractivity contribution in [1.29, 1.82) is 0 Å². The second kappa shape index (κ2) is 10.7. The van der Waals surface area contributed by atoms with Crippen molar-refractivity contribution >= 4 is 17.5 Å². The SMILES string of the molecule is CC(C)(C)c1ccc(N(C(=O)c2c[nH]cn2)C(C(=O)N[C@@H]2c3ccccc3OC[C@@H]2O)c2cccnc2)cc1. The number of benzene rings is 2. The predicted molar refractivity (Wildman–Crippen MR) is 146 cm³/mol. The van der Waals surface area contributed by atoms with Crippen molar-refractivity contribution in [3.63, 3.8) is 0 Å². The van der Waals surface area contributed by atoms with Crippen LogP contribution in [0.5, 0.6) is 5.75 Å². The van der Waals surface area contributed by atoms with Crippen molar-refractivity contribution in [2.24, 2.45) is 0 Å². The summed E-state index contributed by atoms with van der Waals surface area (Å²) in [4.78, 5) is 40.7. The quantitative estimate of drug-likeness (QED) is 0.349. The van der Waals surface area contributed by atoms with Crippen LogP contribution >= 0.6 is 0 Å². The molecule has 0 fully saturated rings. The minimum absolute atomic E-state index is 0.0314. The third-order valence-electron chi connectivity index (χ3n) is 6.80. The number of hydrogen-bond acceptors (Lipinski definition) is 6. The molecule has 4 aromatic rings. The molecule has 5 rings (SSSR count). The average Bonchev–Trinajstić information content (AvgIpc) is 3.48. The molecule has 1 unspecified atom stereocenters. The maximum absolute atomic E-state index is 14.2. The number of amides is 2. The number of anilines is 1. The number of pyridine rings is 1. The van der Waals surface area contributed by atoms with E-state index in [9.17, 15) is 14.7 Å². The zero-order chi connectivity index (χ0) is 27.6. The minimum atomic E-state index is -1.11. The first kappa shape index (κ1) is 26.1. The van der Waals surface area contributed by atoms with E-state index in [0.717, 1.165) is 5.56 Å². The number of fused-ring (bicyclic) bond motifs is 1. The number of ether oxygens (including phenoxy) is 1. The molecule has 9 nitrogen and oxygen atoms in total. The molecule has 39 heavy (non-hydrogen) atoms. The molecular weight excluding hydrogens is 494 g/mol. The Kier molecular flexibility index (Phi) is 7.17. The Morgan fingerprint density at radius 3 is 2.54 bits per heavy atom. The van der Waals surface area contributed by atoms with E-state index >= 15 is 0 Å². The number of carbonyl (C=O) groups excluding carboxylic acids is 2. The van der Waals surface area contributed by atoms with Crippen LogP contribution in [0.4, 0.5) is 5.69 Å². The highest BCUT2D eigenvalue weighted by atomic mass is 16.5. The summed E-state index contributed by atoms with van der Waals surface area (Å²) in [5.41, 5.74) is 2.84. The molecule has 2 aromatic heterocycles. The maximum Gasteiger partial charge on any atom is 0.279 e. The van der Waals surface area contributed by atoms with Gasteiger partial charge >= 0.3 is 0 Å². The van der Waals surface area contributed by atoms with Crippen LogP contribution in [-0.2, 0) is 10.2 Å². The van der Waals surface area contributed by atoms with Gasteiger partial charge in [-0.3, -0.25) is 19.5 Å².